The summed E-state index contributed by atoms with van der Waals surface area (Å²) in [6.07, 6.45) is 0. The van der Waals surface area contributed by atoms with Crippen molar-refractivity contribution in [2.45, 2.75) is 13.8 Å². The number of aryl methyl sites for hydroxylation is 1. The number of ether oxygens (including phenoxy) is 3. The van der Waals surface area contributed by atoms with E-state index < -0.39 is 11.8 Å². The predicted molar refractivity (Wildman–Crippen MR) is 65.2 cm³/mol. The van der Waals surface area contributed by atoms with Gasteiger partial charge in [0.05, 0.1) is 26.4 Å². The van der Waals surface area contributed by atoms with Gasteiger partial charge in [0.25, 0.3) is 5.78 Å². The van der Waals surface area contributed by atoms with Crippen molar-refractivity contribution in [1.29, 1.82) is 0 Å². The van der Waals surface area contributed by atoms with E-state index in [1.165, 1.54) is 20.3 Å². The second-order valence-electron chi connectivity index (χ2n) is 3.55. The van der Waals surface area contributed by atoms with E-state index in [0.29, 0.717) is 5.75 Å². The highest BCUT2D eigenvalue weighted by Crippen LogP contribution is 2.34. The molecule has 0 N–H and O–H groups in total. The molecule has 0 heterocycles. The SMILES string of the molecule is CCOC(=O)C(=O)c1ccc(C)c(OC)c1OC. The van der Waals surface area contributed by atoms with Crippen LogP contribution in [0.1, 0.15) is 22.8 Å². The number of carbonyl (C=O) groups is 2. The number of hydrogen-bond acceptors (Lipinski definition) is 5. The van der Waals surface area contributed by atoms with Crippen molar-refractivity contribution in [2.75, 3.05) is 20.8 Å². The first-order chi connectivity index (χ1) is 8.56. The molecule has 1 rings (SSSR count). The van der Waals surface area contributed by atoms with Gasteiger partial charge >= 0.3 is 5.97 Å². The molecule has 5 nitrogen and oxygen atoms in total. The van der Waals surface area contributed by atoms with Crippen molar-refractivity contribution in [3.05, 3.63) is 23.3 Å². The smallest absolute Gasteiger partial charge is 0.379 e. The molecule has 0 atom stereocenters. The highest BCUT2D eigenvalue weighted by molar-refractivity contribution is 6.41. The van der Waals surface area contributed by atoms with Gasteiger partial charge in [0.1, 0.15) is 0 Å². The van der Waals surface area contributed by atoms with Crippen LogP contribution < -0.4 is 9.47 Å². The fraction of sp³-hybridized carbons (Fsp3) is 0.385. The number of hydrogen-bond donors (Lipinski definition) is 0. The molecule has 0 aromatic heterocycles. The maximum Gasteiger partial charge on any atom is 0.379 e. The molecule has 0 fully saturated rings. The molecule has 0 amide bonds. The number of rotatable bonds is 5. The van der Waals surface area contributed by atoms with Crippen molar-refractivity contribution in [3.63, 3.8) is 0 Å². The van der Waals surface area contributed by atoms with Crippen molar-refractivity contribution in [3.8, 4) is 11.5 Å². The van der Waals surface area contributed by atoms with E-state index in [2.05, 4.69) is 4.74 Å². The Morgan fingerprint density at radius 1 is 1.11 bits per heavy atom. The Bertz CT molecular complexity index is 465. The van der Waals surface area contributed by atoms with Crippen molar-refractivity contribution < 1.29 is 23.8 Å². The van der Waals surface area contributed by atoms with Crippen LogP contribution in [0.15, 0.2) is 12.1 Å². The Kier molecular flexibility index (Phi) is 4.71. The van der Waals surface area contributed by atoms with Crippen LogP contribution >= 0.6 is 0 Å². The van der Waals surface area contributed by atoms with Gasteiger partial charge in [-0.05, 0) is 25.5 Å². The summed E-state index contributed by atoms with van der Waals surface area (Å²) in [5, 5.41) is 0. The van der Waals surface area contributed by atoms with Gasteiger partial charge in [0.2, 0.25) is 0 Å². The molecule has 0 aliphatic carbocycles. The Morgan fingerprint density at radius 2 is 1.72 bits per heavy atom. The van der Waals surface area contributed by atoms with Crippen molar-refractivity contribution in [2.24, 2.45) is 0 Å². The van der Waals surface area contributed by atoms with Crippen molar-refractivity contribution >= 4 is 11.8 Å². The molecule has 1 aromatic rings. The normalized spacial score (nSPS) is 9.78. The summed E-state index contributed by atoms with van der Waals surface area (Å²) in [4.78, 5) is 23.3. The first-order valence-corrected chi connectivity index (χ1v) is 5.49. The van der Waals surface area contributed by atoms with Crippen LogP contribution in [0.4, 0.5) is 0 Å². The highest BCUT2D eigenvalue weighted by atomic mass is 16.5. The summed E-state index contributed by atoms with van der Waals surface area (Å²) >= 11 is 0. The molecule has 0 unspecified atom stereocenters. The first kappa shape index (κ1) is 14.0. The summed E-state index contributed by atoms with van der Waals surface area (Å²) in [6.45, 7) is 3.61. The van der Waals surface area contributed by atoms with Crippen LogP contribution in [0.5, 0.6) is 11.5 Å². The van der Waals surface area contributed by atoms with Gasteiger partial charge in [-0.3, -0.25) is 4.79 Å². The predicted octanol–water partition coefficient (Wildman–Crippen LogP) is 1.76. The average Bonchev–Trinajstić information content (AvgIpc) is 2.37. The van der Waals surface area contributed by atoms with Crippen LogP contribution in [0.3, 0.4) is 0 Å². The second kappa shape index (κ2) is 6.05. The van der Waals surface area contributed by atoms with Gasteiger partial charge in [0, 0.05) is 0 Å². The molecule has 98 valence electrons. The number of carbonyl (C=O) groups excluding carboxylic acids is 2. The minimum Gasteiger partial charge on any atom is -0.493 e. The zero-order valence-electron chi connectivity index (χ0n) is 10.9. The third kappa shape index (κ3) is 2.61. The molecular formula is C13H16O5. The third-order valence-electron chi connectivity index (χ3n) is 2.42. The minimum absolute atomic E-state index is 0.137. The molecule has 1 aromatic carbocycles. The molecule has 0 bridgehead atoms. The summed E-state index contributed by atoms with van der Waals surface area (Å²) in [5.74, 6) is -0.961. The lowest BCUT2D eigenvalue weighted by molar-refractivity contribution is -0.137. The molecule has 5 heteroatoms. The molecule has 18 heavy (non-hydrogen) atoms. The Hall–Kier alpha value is -2.04. The lowest BCUT2D eigenvalue weighted by atomic mass is 10.1. The van der Waals surface area contributed by atoms with Crippen LogP contribution in [0.2, 0.25) is 0 Å². The Morgan fingerprint density at radius 3 is 2.22 bits per heavy atom. The van der Waals surface area contributed by atoms with E-state index in [1.54, 1.807) is 13.0 Å². The van der Waals surface area contributed by atoms with Gasteiger partial charge in [-0.15, -0.1) is 0 Å². The molecule has 0 aliphatic heterocycles. The number of Topliss-reactive ketones (excluding diaryl/α,β-unsaturated/α-hetero) is 1. The number of esters is 1. The molecule has 0 saturated heterocycles. The Labute approximate surface area is 106 Å². The van der Waals surface area contributed by atoms with E-state index in [-0.39, 0.29) is 17.9 Å². The largest absolute Gasteiger partial charge is 0.493 e. The Balaban J connectivity index is 3.24. The third-order valence-corrected chi connectivity index (χ3v) is 2.42. The van der Waals surface area contributed by atoms with E-state index in [4.69, 9.17) is 9.47 Å². The van der Waals surface area contributed by atoms with Gasteiger partial charge in [-0.1, -0.05) is 6.07 Å². The zero-order valence-corrected chi connectivity index (χ0v) is 10.9. The lowest BCUT2D eigenvalue weighted by Crippen LogP contribution is -2.18. The zero-order chi connectivity index (χ0) is 13.7. The number of methoxy groups -OCH3 is 2. The molecule has 0 spiro atoms. The standard InChI is InChI=1S/C13H16O5/c1-5-18-13(15)10(14)9-7-6-8(2)11(16-3)12(9)17-4/h6-7H,5H2,1-4H3. The molecule has 0 radical (unpaired) electrons. The fourth-order valence-corrected chi connectivity index (χ4v) is 1.60. The average molecular weight is 252 g/mol. The van der Waals surface area contributed by atoms with Crippen LogP contribution in [0, 0.1) is 6.92 Å². The fourth-order valence-electron chi connectivity index (χ4n) is 1.60. The van der Waals surface area contributed by atoms with Crippen molar-refractivity contribution in [1.82, 2.24) is 0 Å². The minimum atomic E-state index is -0.901. The topological polar surface area (TPSA) is 61.8 Å². The first-order valence-electron chi connectivity index (χ1n) is 5.49. The van der Waals surface area contributed by atoms with Gasteiger partial charge < -0.3 is 14.2 Å². The lowest BCUT2D eigenvalue weighted by Gasteiger charge is -2.13. The number of ketones is 1. The maximum atomic E-state index is 11.9. The van der Waals surface area contributed by atoms with Crippen LogP contribution in [0.25, 0.3) is 0 Å². The monoisotopic (exact) mass is 252 g/mol. The molecule has 0 saturated carbocycles. The highest BCUT2D eigenvalue weighted by Gasteiger charge is 2.24. The van der Waals surface area contributed by atoms with Crippen LogP contribution in [-0.4, -0.2) is 32.6 Å². The summed E-state index contributed by atoms with van der Waals surface area (Å²) in [7, 11) is 2.89. The number of benzene rings is 1. The van der Waals surface area contributed by atoms with E-state index in [9.17, 15) is 9.59 Å². The van der Waals surface area contributed by atoms with E-state index >= 15 is 0 Å². The van der Waals surface area contributed by atoms with Gasteiger partial charge in [-0.25, -0.2) is 4.79 Å². The molecule has 0 aliphatic rings. The van der Waals surface area contributed by atoms with Gasteiger partial charge in [-0.2, -0.15) is 0 Å². The quantitative estimate of drug-likeness (QED) is 0.454. The second-order valence-corrected chi connectivity index (χ2v) is 3.55. The molecular weight excluding hydrogens is 236 g/mol. The van der Waals surface area contributed by atoms with E-state index in [1.807, 2.05) is 6.92 Å². The summed E-state index contributed by atoms with van der Waals surface area (Å²) in [6, 6.07) is 3.21. The van der Waals surface area contributed by atoms with Gasteiger partial charge in [0.15, 0.2) is 11.5 Å². The maximum absolute atomic E-state index is 11.9. The van der Waals surface area contributed by atoms with Crippen LogP contribution in [-0.2, 0) is 9.53 Å². The van der Waals surface area contributed by atoms with E-state index in [0.717, 1.165) is 5.56 Å². The summed E-state index contributed by atoms with van der Waals surface area (Å²) in [5.41, 5.74) is 0.952. The summed E-state index contributed by atoms with van der Waals surface area (Å²) < 4.78 is 15.0.